The molecule has 1 unspecified atom stereocenters. The zero-order valence-electron chi connectivity index (χ0n) is 12.5. The lowest BCUT2D eigenvalue weighted by molar-refractivity contribution is 0.0593. The Bertz CT molecular complexity index is 637. The minimum Gasteiger partial charge on any atom is -0.384 e. The predicted molar refractivity (Wildman–Crippen MR) is 79.4 cm³/mol. The van der Waals surface area contributed by atoms with Gasteiger partial charge in [-0.2, -0.15) is 5.10 Å². The summed E-state index contributed by atoms with van der Waals surface area (Å²) < 4.78 is 14.5. The average Bonchev–Trinajstić information content (AvgIpc) is 2.89. The Morgan fingerprint density at radius 3 is 2.59 bits per heavy atom. The number of aryl methyl sites for hydroxylation is 1. The number of aromatic nitrogens is 2. The number of aliphatic hydroxyl groups is 1. The third-order valence-corrected chi connectivity index (χ3v) is 3.41. The fraction of sp³-hybridized carbons (Fsp3) is 0.333. The van der Waals surface area contributed by atoms with Gasteiger partial charge < -0.3 is 15.7 Å². The van der Waals surface area contributed by atoms with E-state index in [1.165, 1.54) is 24.3 Å². The zero-order valence-corrected chi connectivity index (χ0v) is 12.5. The molecule has 22 heavy (non-hydrogen) atoms. The molecule has 0 bridgehead atoms. The van der Waals surface area contributed by atoms with Gasteiger partial charge in [0.25, 0.3) is 0 Å². The molecule has 2 rings (SSSR count). The molecule has 118 valence electrons. The van der Waals surface area contributed by atoms with Crippen LogP contribution >= 0.6 is 0 Å². The summed E-state index contributed by atoms with van der Waals surface area (Å²) in [4.78, 5) is 11.8. The number of halogens is 1. The van der Waals surface area contributed by atoms with E-state index >= 15 is 0 Å². The molecule has 1 aromatic heterocycles. The molecule has 0 radical (unpaired) electrons. The summed E-state index contributed by atoms with van der Waals surface area (Å²) in [6, 6.07) is 6.92. The number of carbonyl (C=O) groups is 1. The van der Waals surface area contributed by atoms with Crippen LogP contribution in [-0.4, -0.2) is 27.5 Å². The molecular formula is C15H19FN4O2. The highest BCUT2D eigenvalue weighted by molar-refractivity contribution is 5.73. The number of hydrogen-bond acceptors (Lipinski definition) is 3. The highest BCUT2D eigenvalue weighted by atomic mass is 19.1. The molecule has 0 aliphatic rings. The van der Waals surface area contributed by atoms with Crippen molar-refractivity contribution in [2.45, 2.75) is 19.1 Å². The number of nitrogens with one attached hydrogen (secondary N) is 2. The molecule has 6 nitrogen and oxygen atoms in total. The van der Waals surface area contributed by atoms with Crippen molar-refractivity contribution in [1.29, 1.82) is 0 Å². The van der Waals surface area contributed by atoms with E-state index in [9.17, 15) is 14.3 Å². The molecule has 0 fully saturated rings. The van der Waals surface area contributed by atoms with Crippen LogP contribution < -0.4 is 10.6 Å². The lowest BCUT2D eigenvalue weighted by Gasteiger charge is -2.24. The van der Waals surface area contributed by atoms with Crippen LogP contribution in [0.5, 0.6) is 0 Å². The van der Waals surface area contributed by atoms with Gasteiger partial charge in [-0.1, -0.05) is 12.1 Å². The van der Waals surface area contributed by atoms with Crippen LogP contribution in [0.1, 0.15) is 18.2 Å². The van der Waals surface area contributed by atoms with Crippen molar-refractivity contribution in [3.8, 4) is 0 Å². The predicted octanol–water partition coefficient (Wildman–Crippen LogP) is 1.27. The summed E-state index contributed by atoms with van der Waals surface area (Å²) in [5.41, 5.74) is 0.110. The highest BCUT2D eigenvalue weighted by Crippen LogP contribution is 2.19. The van der Waals surface area contributed by atoms with Gasteiger partial charge in [-0.25, -0.2) is 9.18 Å². The van der Waals surface area contributed by atoms with Gasteiger partial charge >= 0.3 is 6.03 Å². The van der Waals surface area contributed by atoms with Crippen molar-refractivity contribution < 1.29 is 14.3 Å². The summed E-state index contributed by atoms with van der Waals surface area (Å²) in [5.74, 6) is -0.374. The molecule has 2 amide bonds. The van der Waals surface area contributed by atoms with Gasteiger partial charge in [0.2, 0.25) is 0 Å². The molecule has 2 aromatic rings. The van der Waals surface area contributed by atoms with Crippen LogP contribution in [0.25, 0.3) is 0 Å². The number of benzene rings is 1. The van der Waals surface area contributed by atoms with Crippen molar-refractivity contribution >= 4 is 6.03 Å². The molecule has 0 saturated carbocycles. The van der Waals surface area contributed by atoms with Crippen molar-refractivity contribution in [2.24, 2.45) is 7.05 Å². The second kappa shape index (κ2) is 6.57. The zero-order chi connectivity index (χ0) is 16.2. The summed E-state index contributed by atoms with van der Waals surface area (Å²) >= 11 is 0. The molecule has 0 aliphatic carbocycles. The van der Waals surface area contributed by atoms with Gasteiger partial charge in [0.15, 0.2) is 0 Å². The first-order valence-corrected chi connectivity index (χ1v) is 6.85. The fourth-order valence-electron chi connectivity index (χ4n) is 1.97. The van der Waals surface area contributed by atoms with Gasteiger partial charge in [0.1, 0.15) is 11.4 Å². The van der Waals surface area contributed by atoms with Gasteiger partial charge in [-0.3, -0.25) is 4.68 Å². The third-order valence-electron chi connectivity index (χ3n) is 3.41. The lowest BCUT2D eigenvalue weighted by Crippen LogP contribution is -2.43. The van der Waals surface area contributed by atoms with Crippen LogP contribution in [0.15, 0.2) is 36.5 Å². The van der Waals surface area contributed by atoms with E-state index in [1.807, 2.05) is 0 Å². The number of urea groups is 1. The van der Waals surface area contributed by atoms with Gasteiger partial charge in [0.05, 0.1) is 18.8 Å². The SMILES string of the molecule is Cn1nccc1CNC(=O)NCC(C)(O)c1ccc(F)cc1. The van der Waals surface area contributed by atoms with Crippen molar-refractivity contribution in [2.75, 3.05) is 6.54 Å². The monoisotopic (exact) mass is 306 g/mol. The second-order valence-corrected chi connectivity index (χ2v) is 5.26. The van der Waals surface area contributed by atoms with E-state index in [0.717, 1.165) is 5.69 Å². The lowest BCUT2D eigenvalue weighted by atomic mass is 9.96. The Balaban J connectivity index is 1.84. The fourth-order valence-corrected chi connectivity index (χ4v) is 1.97. The van der Waals surface area contributed by atoms with E-state index in [1.54, 1.807) is 30.9 Å². The Morgan fingerprint density at radius 1 is 1.32 bits per heavy atom. The van der Waals surface area contributed by atoms with Gasteiger partial charge in [-0.05, 0) is 30.7 Å². The smallest absolute Gasteiger partial charge is 0.315 e. The van der Waals surface area contributed by atoms with Crippen LogP contribution in [0, 0.1) is 5.82 Å². The van der Waals surface area contributed by atoms with E-state index < -0.39 is 11.6 Å². The van der Waals surface area contributed by atoms with E-state index in [2.05, 4.69) is 15.7 Å². The summed E-state index contributed by atoms with van der Waals surface area (Å²) in [6.45, 7) is 1.90. The van der Waals surface area contributed by atoms with Crippen LogP contribution in [0.2, 0.25) is 0 Å². The summed E-state index contributed by atoms with van der Waals surface area (Å²) in [5, 5.41) is 19.6. The Kier molecular flexibility index (Phi) is 4.77. The van der Waals surface area contributed by atoms with Crippen LogP contribution in [0.3, 0.4) is 0 Å². The Hall–Kier alpha value is -2.41. The Morgan fingerprint density at radius 2 is 2.00 bits per heavy atom. The number of hydrogen-bond donors (Lipinski definition) is 3. The molecule has 1 heterocycles. The molecule has 0 saturated heterocycles. The minimum absolute atomic E-state index is 0.00977. The highest BCUT2D eigenvalue weighted by Gasteiger charge is 2.23. The second-order valence-electron chi connectivity index (χ2n) is 5.26. The number of nitrogens with zero attached hydrogens (tertiary/aromatic N) is 2. The molecule has 0 spiro atoms. The largest absolute Gasteiger partial charge is 0.384 e. The van der Waals surface area contributed by atoms with Gasteiger partial charge in [-0.15, -0.1) is 0 Å². The van der Waals surface area contributed by atoms with Crippen molar-refractivity contribution in [3.05, 3.63) is 53.6 Å². The van der Waals surface area contributed by atoms with Crippen LogP contribution in [-0.2, 0) is 19.2 Å². The summed E-state index contributed by atoms with van der Waals surface area (Å²) in [6.07, 6.45) is 1.65. The third kappa shape index (κ3) is 4.05. The standard InChI is InChI=1S/C15H19FN4O2/c1-15(22,11-3-5-12(16)6-4-11)10-18-14(21)17-9-13-7-8-19-20(13)2/h3-8,22H,9-10H2,1-2H3,(H2,17,18,21). The molecule has 1 aromatic carbocycles. The Labute approximate surface area is 128 Å². The molecule has 7 heteroatoms. The topological polar surface area (TPSA) is 79.2 Å². The number of amides is 2. The molecule has 1 atom stereocenters. The summed E-state index contributed by atoms with van der Waals surface area (Å²) in [7, 11) is 1.79. The van der Waals surface area contributed by atoms with Crippen LogP contribution in [0.4, 0.5) is 9.18 Å². The first-order chi connectivity index (χ1) is 10.4. The van der Waals surface area contributed by atoms with E-state index in [0.29, 0.717) is 12.1 Å². The van der Waals surface area contributed by atoms with Crippen molar-refractivity contribution in [1.82, 2.24) is 20.4 Å². The number of rotatable bonds is 5. The first-order valence-electron chi connectivity index (χ1n) is 6.85. The average molecular weight is 306 g/mol. The normalized spacial score (nSPS) is 13.5. The van der Waals surface area contributed by atoms with E-state index in [-0.39, 0.29) is 12.4 Å². The number of carbonyl (C=O) groups excluding carboxylic acids is 1. The molecule has 3 N–H and O–H groups in total. The quantitative estimate of drug-likeness (QED) is 0.778. The molecular weight excluding hydrogens is 287 g/mol. The van der Waals surface area contributed by atoms with Gasteiger partial charge in [0, 0.05) is 13.2 Å². The van der Waals surface area contributed by atoms with E-state index in [4.69, 9.17) is 0 Å². The maximum absolute atomic E-state index is 12.9. The maximum atomic E-state index is 12.9. The minimum atomic E-state index is -1.28. The van der Waals surface area contributed by atoms with Crippen molar-refractivity contribution in [3.63, 3.8) is 0 Å². The molecule has 0 aliphatic heterocycles. The first kappa shape index (κ1) is 16.0. The maximum Gasteiger partial charge on any atom is 0.315 e.